The Morgan fingerprint density at radius 3 is 2.54 bits per heavy atom. The molecule has 0 aliphatic carbocycles. The number of fused-ring (bicyclic) bond motifs is 1. The van der Waals surface area contributed by atoms with Crippen LogP contribution in [-0.4, -0.2) is 18.5 Å². The number of rotatable bonds is 7. The lowest BCUT2D eigenvalue weighted by molar-refractivity contribution is -0.148. The van der Waals surface area contributed by atoms with Gasteiger partial charge in [0.25, 0.3) is 5.91 Å². The molecular weight excluding hydrogens is 357 g/mol. The van der Waals surface area contributed by atoms with Crippen molar-refractivity contribution in [2.75, 3.05) is 6.61 Å². The lowest BCUT2D eigenvalue weighted by Gasteiger charge is -2.16. The van der Waals surface area contributed by atoms with E-state index in [4.69, 9.17) is 4.74 Å². The largest absolute Gasteiger partial charge is 0.456 e. The van der Waals surface area contributed by atoms with Crippen molar-refractivity contribution in [2.24, 2.45) is 0 Å². The van der Waals surface area contributed by atoms with Crippen LogP contribution in [0.1, 0.15) is 30.5 Å². The van der Waals surface area contributed by atoms with E-state index >= 15 is 0 Å². The maximum Gasteiger partial charge on any atom is 0.306 e. The van der Waals surface area contributed by atoms with Crippen LogP contribution in [0.4, 0.5) is 4.39 Å². The average Bonchev–Trinajstić information content (AvgIpc) is 2.71. The average molecular weight is 379 g/mol. The molecule has 0 radical (unpaired) electrons. The summed E-state index contributed by atoms with van der Waals surface area (Å²) in [5.41, 5.74) is 1.45. The molecule has 0 unspecified atom stereocenters. The highest BCUT2D eigenvalue weighted by atomic mass is 19.1. The van der Waals surface area contributed by atoms with Gasteiger partial charge in [0.05, 0.1) is 6.04 Å². The summed E-state index contributed by atoms with van der Waals surface area (Å²) in [6, 6.07) is 19.9. The van der Waals surface area contributed by atoms with E-state index in [1.807, 2.05) is 49.4 Å². The molecule has 0 saturated carbocycles. The normalized spacial score (nSPS) is 11.8. The number of carbonyl (C=O) groups excluding carboxylic acids is 2. The van der Waals surface area contributed by atoms with Crippen LogP contribution in [0, 0.1) is 5.82 Å². The molecule has 28 heavy (non-hydrogen) atoms. The number of hydrogen-bond acceptors (Lipinski definition) is 3. The number of halogens is 1. The minimum Gasteiger partial charge on any atom is -0.456 e. The lowest BCUT2D eigenvalue weighted by Crippen LogP contribution is -2.31. The first kappa shape index (κ1) is 19.5. The molecule has 1 amide bonds. The fraction of sp³-hybridized carbons (Fsp3) is 0.217. The predicted octanol–water partition coefficient (Wildman–Crippen LogP) is 4.33. The zero-order chi connectivity index (χ0) is 19.9. The molecule has 1 N–H and O–H groups in total. The Kier molecular flexibility index (Phi) is 6.37. The highest BCUT2D eigenvalue weighted by Crippen LogP contribution is 2.23. The fourth-order valence-electron chi connectivity index (χ4n) is 3.15. The van der Waals surface area contributed by atoms with E-state index in [2.05, 4.69) is 5.32 Å². The molecular formula is C23H22FNO3. The van der Waals surface area contributed by atoms with Gasteiger partial charge in [0.2, 0.25) is 0 Å². The predicted molar refractivity (Wildman–Crippen MR) is 106 cm³/mol. The second kappa shape index (κ2) is 9.13. The summed E-state index contributed by atoms with van der Waals surface area (Å²) < 4.78 is 18.6. The van der Waals surface area contributed by atoms with Crippen LogP contribution in [-0.2, 0) is 20.7 Å². The highest BCUT2D eigenvalue weighted by molar-refractivity contribution is 5.87. The summed E-state index contributed by atoms with van der Waals surface area (Å²) in [6.45, 7) is 1.53. The van der Waals surface area contributed by atoms with Gasteiger partial charge in [-0.3, -0.25) is 9.59 Å². The minimum absolute atomic E-state index is 0.0209. The Hall–Kier alpha value is -3.21. The number of carbonyl (C=O) groups is 2. The molecule has 5 heteroatoms. The number of benzene rings is 3. The van der Waals surface area contributed by atoms with Gasteiger partial charge in [-0.05, 0) is 41.3 Å². The molecule has 0 aliphatic rings. The Balaban J connectivity index is 1.49. The van der Waals surface area contributed by atoms with Gasteiger partial charge < -0.3 is 10.1 Å². The van der Waals surface area contributed by atoms with Gasteiger partial charge in [-0.2, -0.15) is 0 Å². The maximum atomic E-state index is 13.6. The molecule has 144 valence electrons. The van der Waals surface area contributed by atoms with Crippen LogP contribution in [0.2, 0.25) is 0 Å². The van der Waals surface area contributed by atoms with E-state index in [1.54, 1.807) is 18.2 Å². The molecule has 3 rings (SSSR count). The van der Waals surface area contributed by atoms with Crippen molar-refractivity contribution in [3.05, 3.63) is 83.7 Å². The standard InChI is InChI=1S/C23H22FNO3/c1-16(19-11-6-9-17-7-2-4-10-20(17)19)25-22(26)15-28-23(27)14-13-18-8-3-5-12-21(18)24/h2-12,16H,13-15H2,1H3,(H,25,26)/t16-/m1/s1. The zero-order valence-corrected chi connectivity index (χ0v) is 15.7. The van der Waals surface area contributed by atoms with E-state index in [0.717, 1.165) is 16.3 Å². The van der Waals surface area contributed by atoms with Crippen LogP contribution < -0.4 is 5.32 Å². The Labute approximate surface area is 163 Å². The number of hydrogen-bond donors (Lipinski definition) is 1. The van der Waals surface area contributed by atoms with Crippen molar-refractivity contribution >= 4 is 22.6 Å². The van der Waals surface area contributed by atoms with Crippen molar-refractivity contribution in [1.82, 2.24) is 5.32 Å². The molecule has 1 atom stereocenters. The SMILES string of the molecule is C[C@@H](NC(=O)COC(=O)CCc1ccccc1F)c1cccc2ccccc12. The molecule has 3 aromatic carbocycles. The van der Waals surface area contributed by atoms with Gasteiger partial charge in [-0.1, -0.05) is 60.7 Å². The third-order valence-electron chi connectivity index (χ3n) is 4.59. The molecule has 4 nitrogen and oxygen atoms in total. The molecule has 0 aromatic heterocycles. The zero-order valence-electron chi connectivity index (χ0n) is 15.7. The van der Waals surface area contributed by atoms with Gasteiger partial charge in [-0.25, -0.2) is 4.39 Å². The minimum atomic E-state index is -0.531. The van der Waals surface area contributed by atoms with Gasteiger partial charge in [0.15, 0.2) is 6.61 Å². The summed E-state index contributed by atoms with van der Waals surface area (Å²) >= 11 is 0. The third kappa shape index (κ3) is 4.94. The number of amides is 1. The first-order valence-electron chi connectivity index (χ1n) is 9.20. The Morgan fingerprint density at radius 1 is 1.00 bits per heavy atom. The highest BCUT2D eigenvalue weighted by Gasteiger charge is 2.14. The fourth-order valence-corrected chi connectivity index (χ4v) is 3.15. The molecule has 0 heterocycles. The summed E-state index contributed by atoms with van der Waals surface area (Å²) in [4.78, 5) is 24.0. The molecule has 0 spiro atoms. The first-order chi connectivity index (χ1) is 13.5. The van der Waals surface area contributed by atoms with E-state index in [0.29, 0.717) is 5.56 Å². The van der Waals surface area contributed by atoms with Gasteiger partial charge in [-0.15, -0.1) is 0 Å². The maximum absolute atomic E-state index is 13.6. The Bertz CT molecular complexity index is 981. The second-order valence-corrected chi connectivity index (χ2v) is 6.61. The smallest absolute Gasteiger partial charge is 0.306 e. The van der Waals surface area contributed by atoms with Crippen LogP contribution >= 0.6 is 0 Å². The van der Waals surface area contributed by atoms with E-state index in [9.17, 15) is 14.0 Å². The van der Waals surface area contributed by atoms with Crippen molar-refractivity contribution < 1.29 is 18.7 Å². The topological polar surface area (TPSA) is 55.4 Å². The molecule has 0 bridgehead atoms. The van der Waals surface area contributed by atoms with Crippen molar-refractivity contribution in [3.63, 3.8) is 0 Å². The Morgan fingerprint density at radius 2 is 1.71 bits per heavy atom. The molecule has 0 fully saturated rings. The third-order valence-corrected chi connectivity index (χ3v) is 4.59. The number of esters is 1. The monoisotopic (exact) mass is 379 g/mol. The molecule has 0 aliphatic heterocycles. The van der Waals surface area contributed by atoms with Crippen molar-refractivity contribution in [2.45, 2.75) is 25.8 Å². The number of nitrogens with one attached hydrogen (secondary N) is 1. The lowest BCUT2D eigenvalue weighted by atomic mass is 10.00. The van der Waals surface area contributed by atoms with Crippen LogP contribution in [0.25, 0.3) is 10.8 Å². The number of aryl methyl sites for hydroxylation is 1. The quantitative estimate of drug-likeness (QED) is 0.622. The van der Waals surface area contributed by atoms with E-state index in [1.165, 1.54) is 6.07 Å². The number of ether oxygens (including phenoxy) is 1. The van der Waals surface area contributed by atoms with Crippen LogP contribution in [0.15, 0.2) is 66.7 Å². The van der Waals surface area contributed by atoms with Gasteiger partial charge >= 0.3 is 5.97 Å². The van der Waals surface area contributed by atoms with Gasteiger partial charge in [0.1, 0.15) is 5.82 Å². The van der Waals surface area contributed by atoms with Crippen LogP contribution in [0.3, 0.4) is 0 Å². The van der Waals surface area contributed by atoms with E-state index in [-0.39, 0.29) is 37.2 Å². The van der Waals surface area contributed by atoms with Crippen LogP contribution in [0.5, 0.6) is 0 Å². The van der Waals surface area contributed by atoms with Crippen molar-refractivity contribution in [1.29, 1.82) is 0 Å². The van der Waals surface area contributed by atoms with Gasteiger partial charge in [0, 0.05) is 6.42 Å². The second-order valence-electron chi connectivity index (χ2n) is 6.61. The molecule has 3 aromatic rings. The summed E-state index contributed by atoms with van der Waals surface area (Å²) in [6.07, 6.45) is 0.257. The summed E-state index contributed by atoms with van der Waals surface area (Å²) in [7, 11) is 0. The van der Waals surface area contributed by atoms with Crippen molar-refractivity contribution in [3.8, 4) is 0 Å². The summed E-state index contributed by atoms with van der Waals surface area (Å²) in [5.74, 6) is -1.26. The summed E-state index contributed by atoms with van der Waals surface area (Å²) in [5, 5.41) is 5.02. The van der Waals surface area contributed by atoms with E-state index < -0.39 is 5.97 Å². The molecule has 0 saturated heterocycles. The first-order valence-corrected chi connectivity index (χ1v) is 9.20.